The smallest absolute Gasteiger partial charge is 0.325 e. The molecule has 1 aliphatic rings. The van der Waals surface area contributed by atoms with Crippen molar-refractivity contribution in [2.75, 3.05) is 31.1 Å². The van der Waals surface area contributed by atoms with Gasteiger partial charge in [-0.05, 0) is 47.8 Å². The van der Waals surface area contributed by atoms with Crippen LogP contribution in [-0.2, 0) is 14.3 Å². The molecule has 3 rings (SSSR count). The molecular weight excluding hydrogens is 398 g/mol. The summed E-state index contributed by atoms with van der Waals surface area (Å²) < 4.78 is 5.81. The number of nitrogens with zero attached hydrogens (tertiary/aromatic N) is 2. The fraction of sp³-hybridized carbons (Fsp3) is 0.421. The molecule has 1 aromatic carbocycles. The molecule has 0 unspecified atom stereocenters. The molecule has 2 aromatic rings. The van der Waals surface area contributed by atoms with Gasteiger partial charge in [-0.15, -0.1) is 0 Å². The Hall–Kier alpha value is -2.15. The highest BCUT2D eigenvalue weighted by Crippen LogP contribution is 2.32. The van der Waals surface area contributed by atoms with E-state index in [1.165, 1.54) is 0 Å². The number of anilines is 1. The maximum Gasteiger partial charge on any atom is 0.325 e. The Morgan fingerprint density at radius 1 is 1.31 bits per heavy atom. The van der Waals surface area contributed by atoms with E-state index in [2.05, 4.69) is 37.2 Å². The molecule has 1 N–H and O–H groups in total. The fourth-order valence-corrected chi connectivity index (χ4v) is 3.77. The fourth-order valence-electron chi connectivity index (χ4n) is 3.30. The standard InChI is InChI=1S/C19H22BrN3O3/c1-2-26-17(24)12-22-19(25)13-7-10-23(11-8-13)16-6-9-21-18-14(16)4-3-5-15(18)20/h3-6,9,13H,2,7-8,10-12H2,1H3,(H,22,25). The number of hydrogen-bond donors (Lipinski definition) is 1. The van der Waals surface area contributed by atoms with E-state index in [-0.39, 0.29) is 18.4 Å². The van der Waals surface area contributed by atoms with Gasteiger partial charge in [0.1, 0.15) is 6.54 Å². The number of ether oxygens (including phenoxy) is 1. The van der Waals surface area contributed by atoms with Crippen molar-refractivity contribution in [3.63, 3.8) is 0 Å². The molecule has 1 amide bonds. The first kappa shape index (κ1) is 18.6. The van der Waals surface area contributed by atoms with Crippen molar-refractivity contribution in [2.24, 2.45) is 5.92 Å². The molecule has 7 heteroatoms. The first-order chi connectivity index (χ1) is 12.6. The molecule has 2 heterocycles. The topological polar surface area (TPSA) is 71.5 Å². The van der Waals surface area contributed by atoms with Crippen LogP contribution < -0.4 is 10.2 Å². The van der Waals surface area contributed by atoms with E-state index in [9.17, 15) is 9.59 Å². The number of esters is 1. The first-order valence-corrected chi connectivity index (χ1v) is 9.61. The van der Waals surface area contributed by atoms with Crippen molar-refractivity contribution in [3.05, 3.63) is 34.9 Å². The van der Waals surface area contributed by atoms with Gasteiger partial charge in [-0.1, -0.05) is 12.1 Å². The molecule has 0 saturated carbocycles. The predicted octanol–water partition coefficient (Wildman–Crippen LogP) is 2.89. The Kier molecular flexibility index (Phi) is 6.08. The third-order valence-electron chi connectivity index (χ3n) is 4.62. The van der Waals surface area contributed by atoms with Crippen LogP contribution in [0.5, 0.6) is 0 Å². The van der Waals surface area contributed by atoms with Crippen molar-refractivity contribution >= 4 is 44.4 Å². The maximum atomic E-state index is 12.3. The van der Waals surface area contributed by atoms with E-state index in [0.717, 1.165) is 47.0 Å². The highest BCUT2D eigenvalue weighted by molar-refractivity contribution is 9.10. The van der Waals surface area contributed by atoms with Gasteiger partial charge in [0, 0.05) is 40.8 Å². The van der Waals surface area contributed by atoms with Crippen molar-refractivity contribution in [1.29, 1.82) is 0 Å². The molecule has 138 valence electrons. The number of halogens is 1. The van der Waals surface area contributed by atoms with Gasteiger partial charge in [-0.25, -0.2) is 0 Å². The molecule has 1 aliphatic heterocycles. The molecule has 0 aliphatic carbocycles. The molecule has 26 heavy (non-hydrogen) atoms. The van der Waals surface area contributed by atoms with E-state index in [1.54, 1.807) is 6.92 Å². The van der Waals surface area contributed by atoms with Crippen LogP contribution in [-0.4, -0.2) is 43.1 Å². The van der Waals surface area contributed by atoms with Gasteiger partial charge in [0.15, 0.2) is 0 Å². The maximum absolute atomic E-state index is 12.3. The number of rotatable bonds is 5. The lowest BCUT2D eigenvalue weighted by Gasteiger charge is -2.33. The second-order valence-electron chi connectivity index (χ2n) is 6.25. The average Bonchev–Trinajstić information content (AvgIpc) is 2.66. The number of para-hydroxylation sites is 1. The Bertz CT molecular complexity index is 804. The average molecular weight is 420 g/mol. The minimum atomic E-state index is -0.396. The molecular formula is C19H22BrN3O3. The molecule has 1 fully saturated rings. The van der Waals surface area contributed by atoms with Crippen molar-refractivity contribution in [2.45, 2.75) is 19.8 Å². The second kappa shape index (κ2) is 8.49. The van der Waals surface area contributed by atoms with E-state index < -0.39 is 5.97 Å². The molecule has 0 radical (unpaired) electrons. The summed E-state index contributed by atoms with van der Waals surface area (Å²) in [4.78, 5) is 30.4. The molecule has 6 nitrogen and oxygen atoms in total. The minimum absolute atomic E-state index is 0.0596. The zero-order valence-corrected chi connectivity index (χ0v) is 16.3. The third kappa shape index (κ3) is 4.15. The number of amides is 1. The third-order valence-corrected chi connectivity index (χ3v) is 5.26. The number of hydrogen-bond acceptors (Lipinski definition) is 5. The number of carbonyl (C=O) groups is 2. The van der Waals surface area contributed by atoms with E-state index in [4.69, 9.17) is 4.74 Å². The normalized spacial score (nSPS) is 15.1. The highest BCUT2D eigenvalue weighted by atomic mass is 79.9. The van der Waals surface area contributed by atoms with Crippen LogP contribution in [0, 0.1) is 5.92 Å². The summed E-state index contributed by atoms with van der Waals surface area (Å²) in [6.07, 6.45) is 3.33. The van der Waals surface area contributed by atoms with E-state index >= 15 is 0 Å². The molecule has 0 bridgehead atoms. The number of benzene rings is 1. The second-order valence-corrected chi connectivity index (χ2v) is 7.10. The summed E-state index contributed by atoms with van der Waals surface area (Å²) in [7, 11) is 0. The largest absolute Gasteiger partial charge is 0.465 e. The van der Waals surface area contributed by atoms with Gasteiger partial charge in [-0.2, -0.15) is 0 Å². The van der Waals surface area contributed by atoms with Crippen LogP contribution in [0.25, 0.3) is 10.9 Å². The van der Waals surface area contributed by atoms with Gasteiger partial charge in [0.25, 0.3) is 0 Å². The Morgan fingerprint density at radius 2 is 2.08 bits per heavy atom. The van der Waals surface area contributed by atoms with Gasteiger partial charge in [0.2, 0.25) is 5.91 Å². The molecule has 0 spiro atoms. The number of fused-ring (bicyclic) bond motifs is 1. The van der Waals surface area contributed by atoms with E-state index in [0.29, 0.717) is 6.61 Å². The Balaban J connectivity index is 1.61. The quantitative estimate of drug-likeness (QED) is 0.754. The zero-order chi connectivity index (χ0) is 18.5. The lowest BCUT2D eigenvalue weighted by molar-refractivity contribution is -0.143. The van der Waals surface area contributed by atoms with Crippen LogP contribution in [0.2, 0.25) is 0 Å². The van der Waals surface area contributed by atoms with Gasteiger partial charge < -0.3 is 15.0 Å². The van der Waals surface area contributed by atoms with Crippen LogP contribution in [0.1, 0.15) is 19.8 Å². The summed E-state index contributed by atoms with van der Waals surface area (Å²) in [5.74, 6) is -0.535. The first-order valence-electron chi connectivity index (χ1n) is 8.81. The number of aromatic nitrogens is 1. The van der Waals surface area contributed by atoms with Gasteiger partial charge >= 0.3 is 5.97 Å². The van der Waals surface area contributed by atoms with Gasteiger partial charge in [0.05, 0.1) is 12.1 Å². The summed E-state index contributed by atoms with van der Waals surface area (Å²) in [5, 5.41) is 3.78. The number of pyridine rings is 1. The summed E-state index contributed by atoms with van der Waals surface area (Å²) in [6, 6.07) is 8.09. The van der Waals surface area contributed by atoms with Crippen LogP contribution in [0.3, 0.4) is 0 Å². The van der Waals surface area contributed by atoms with Crippen molar-refractivity contribution in [1.82, 2.24) is 10.3 Å². The Morgan fingerprint density at radius 3 is 2.81 bits per heavy atom. The van der Waals surface area contributed by atoms with Crippen LogP contribution >= 0.6 is 15.9 Å². The molecule has 1 aromatic heterocycles. The summed E-state index contributed by atoms with van der Waals surface area (Å²) in [6.45, 7) is 3.60. The summed E-state index contributed by atoms with van der Waals surface area (Å²) in [5.41, 5.74) is 2.08. The van der Waals surface area contributed by atoms with Crippen molar-refractivity contribution < 1.29 is 14.3 Å². The number of piperidine rings is 1. The predicted molar refractivity (Wildman–Crippen MR) is 104 cm³/mol. The minimum Gasteiger partial charge on any atom is -0.465 e. The van der Waals surface area contributed by atoms with E-state index in [1.807, 2.05) is 24.4 Å². The molecule has 0 atom stereocenters. The highest BCUT2D eigenvalue weighted by Gasteiger charge is 2.26. The number of carbonyl (C=O) groups excluding carboxylic acids is 2. The summed E-state index contributed by atoms with van der Waals surface area (Å²) >= 11 is 3.55. The lowest BCUT2D eigenvalue weighted by atomic mass is 9.95. The monoisotopic (exact) mass is 419 g/mol. The van der Waals surface area contributed by atoms with Crippen LogP contribution in [0.4, 0.5) is 5.69 Å². The zero-order valence-electron chi connectivity index (χ0n) is 14.7. The number of nitrogens with one attached hydrogen (secondary N) is 1. The van der Waals surface area contributed by atoms with Gasteiger partial charge in [-0.3, -0.25) is 14.6 Å². The van der Waals surface area contributed by atoms with Crippen molar-refractivity contribution in [3.8, 4) is 0 Å². The lowest BCUT2D eigenvalue weighted by Crippen LogP contribution is -2.42. The Labute approximate surface area is 161 Å². The SMILES string of the molecule is CCOC(=O)CNC(=O)C1CCN(c2ccnc3c(Br)cccc23)CC1. The van der Waals surface area contributed by atoms with Crippen LogP contribution in [0.15, 0.2) is 34.9 Å². The molecule has 1 saturated heterocycles.